The third-order valence-electron chi connectivity index (χ3n) is 5.05. The Hall–Kier alpha value is -3.50. The van der Waals surface area contributed by atoms with E-state index in [1.165, 1.54) is 23.1 Å². The number of pyridine rings is 1. The van der Waals surface area contributed by atoms with Gasteiger partial charge >= 0.3 is 5.97 Å². The normalized spacial score (nSPS) is 11.3. The van der Waals surface area contributed by atoms with Crippen molar-refractivity contribution in [2.75, 3.05) is 17.7 Å². The van der Waals surface area contributed by atoms with Crippen molar-refractivity contribution in [2.24, 2.45) is 0 Å². The molecule has 0 fully saturated rings. The van der Waals surface area contributed by atoms with Crippen molar-refractivity contribution >= 4 is 66.9 Å². The highest BCUT2D eigenvalue weighted by Gasteiger charge is 2.15. The fraction of sp³-hybridized carbons (Fsp3) is 0.174. The Kier molecular flexibility index (Phi) is 5.69. The standard InChI is InChI=1S/C23H19N5O3S2/c1-3-31-21(30)14-8-9-16-18(11-14)33-22(24-16)25-20(29)12-32-23-27-26-19-10-13(2)15-6-4-5-7-17(15)28(19)23/h4-11H,3,12H2,1-2H3,(H,24,25,29). The zero-order valence-corrected chi connectivity index (χ0v) is 19.5. The van der Waals surface area contributed by atoms with Crippen molar-refractivity contribution < 1.29 is 14.3 Å². The van der Waals surface area contributed by atoms with E-state index in [0.29, 0.717) is 28.0 Å². The number of ether oxygens (including phenoxy) is 1. The number of aryl methyl sites for hydroxylation is 1. The molecule has 0 radical (unpaired) electrons. The lowest BCUT2D eigenvalue weighted by atomic mass is 10.1. The van der Waals surface area contributed by atoms with Crippen LogP contribution in [0.4, 0.5) is 5.13 Å². The summed E-state index contributed by atoms with van der Waals surface area (Å²) in [6, 6.07) is 15.2. The molecule has 33 heavy (non-hydrogen) atoms. The van der Waals surface area contributed by atoms with Crippen LogP contribution in [0.5, 0.6) is 0 Å². The number of rotatable bonds is 6. The maximum atomic E-state index is 12.6. The molecule has 0 aliphatic rings. The van der Waals surface area contributed by atoms with E-state index in [4.69, 9.17) is 4.74 Å². The Balaban J connectivity index is 1.32. The third kappa shape index (κ3) is 4.14. The molecular weight excluding hydrogens is 458 g/mol. The van der Waals surface area contributed by atoms with Crippen molar-refractivity contribution in [3.63, 3.8) is 0 Å². The van der Waals surface area contributed by atoms with Crippen LogP contribution < -0.4 is 5.32 Å². The highest BCUT2D eigenvalue weighted by molar-refractivity contribution is 7.99. The molecule has 0 unspecified atom stereocenters. The number of anilines is 1. The predicted octanol–water partition coefficient (Wildman–Crippen LogP) is 4.71. The first kappa shape index (κ1) is 21.4. The van der Waals surface area contributed by atoms with Crippen LogP contribution >= 0.6 is 23.1 Å². The molecule has 0 bridgehead atoms. The monoisotopic (exact) mass is 477 g/mol. The number of fused-ring (bicyclic) bond motifs is 4. The molecule has 5 aromatic rings. The second-order valence-corrected chi connectivity index (χ2v) is 9.25. The highest BCUT2D eigenvalue weighted by atomic mass is 32.2. The molecule has 0 spiro atoms. The lowest BCUT2D eigenvalue weighted by molar-refractivity contribution is -0.113. The summed E-state index contributed by atoms with van der Waals surface area (Å²) >= 11 is 2.63. The number of para-hydroxylation sites is 1. The molecule has 3 heterocycles. The fourth-order valence-electron chi connectivity index (χ4n) is 3.57. The molecule has 1 N–H and O–H groups in total. The van der Waals surface area contributed by atoms with Crippen LogP contribution in [0.3, 0.4) is 0 Å². The fourth-order valence-corrected chi connectivity index (χ4v) is 5.25. The second kappa shape index (κ2) is 8.80. The largest absolute Gasteiger partial charge is 0.462 e. The number of aromatic nitrogens is 4. The number of nitrogens with zero attached hydrogens (tertiary/aromatic N) is 4. The number of carbonyl (C=O) groups is 2. The van der Waals surface area contributed by atoms with E-state index in [9.17, 15) is 9.59 Å². The number of thioether (sulfide) groups is 1. The summed E-state index contributed by atoms with van der Waals surface area (Å²) in [4.78, 5) is 29.0. The van der Waals surface area contributed by atoms with E-state index in [2.05, 4.69) is 26.6 Å². The van der Waals surface area contributed by atoms with E-state index in [1.54, 1.807) is 25.1 Å². The minimum absolute atomic E-state index is 0.160. The summed E-state index contributed by atoms with van der Waals surface area (Å²) in [6.45, 7) is 4.13. The number of nitrogens with one attached hydrogen (secondary N) is 1. The first-order valence-electron chi connectivity index (χ1n) is 10.3. The lowest BCUT2D eigenvalue weighted by Gasteiger charge is -2.07. The third-order valence-corrected chi connectivity index (χ3v) is 6.91. The maximum Gasteiger partial charge on any atom is 0.338 e. The Morgan fingerprint density at radius 3 is 2.85 bits per heavy atom. The van der Waals surface area contributed by atoms with E-state index in [0.717, 1.165) is 26.8 Å². The highest BCUT2D eigenvalue weighted by Crippen LogP contribution is 2.28. The summed E-state index contributed by atoms with van der Waals surface area (Å²) < 4.78 is 7.81. The van der Waals surface area contributed by atoms with Gasteiger partial charge in [-0.25, -0.2) is 9.78 Å². The zero-order valence-electron chi connectivity index (χ0n) is 17.9. The molecule has 166 valence electrons. The van der Waals surface area contributed by atoms with E-state index in [-0.39, 0.29) is 17.6 Å². The topological polar surface area (TPSA) is 98.5 Å². The van der Waals surface area contributed by atoms with Crippen LogP contribution in [0.2, 0.25) is 0 Å². The van der Waals surface area contributed by atoms with Crippen molar-refractivity contribution in [1.82, 2.24) is 19.6 Å². The minimum atomic E-state index is -0.377. The summed E-state index contributed by atoms with van der Waals surface area (Å²) in [5.74, 6) is -0.414. The van der Waals surface area contributed by atoms with Crippen LogP contribution in [-0.4, -0.2) is 43.8 Å². The van der Waals surface area contributed by atoms with Gasteiger partial charge < -0.3 is 10.1 Å². The van der Waals surface area contributed by atoms with Gasteiger partial charge in [-0.1, -0.05) is 41.3 Å². The molecule has 0 saturated carbocycles. The van der Waals surface area contributed by atoms with E-state index < -0.39 is 0 Å². The van der Waals surface area contributed by atoms with Gasteiger partial charge in [0.2, 0.25) is 5.91 Å². The van der Waals surface area contributed by atoms with Crippen molar-refractivity contribution in [3.8, 4) is 0 Å². The van der Waals surface area contributed by atoms with Gasteiger partial charge in [-0.2, -0.15) is 0 Å². The molecule has 0 saturated heterocycles. The van der Waals surface area contributed by atoms with Crippen LogP contribution in [0.25, 0.3) is 26.8 Å². The van der Waals surface area contributed by atoms with Gasteiger partial charge in [-0.3, -0.25) is 9.20 Å². The summed E-state index contributed by atoms with van der Waals surface area (Å²) in [6.07, 6.45) is 0. The lowest BCUT2D eigenvalue weighted by Crippen LogP contribution is -2.14. The Bertz CT molecular complexity index is 1530. The number of thiazole rings is 1. The molecule has 0 atom stereocenters. The first-order chi connectivity index (χ1) is 16.0. The number of hydrogen-bond donors (Lipinski definition) is 1. The van der Waals surface area contributed by atoms with E-state index >= 15 is 0 Å². The molecule has 10 heteroatoms. The molecule has 3 aromatic heterocycles. The molecule has 2 aromatic carbocycles. The molecule has 8 nitrogen and oxygen atoms in total. The predicted molar refractivity (Wildman–Crippen MR) is 130 cm³/mol. The van der Waals surface area contributed by atoms with Crippen LogP contribution in [0, 0.1) is 6.92 Å². The molecule has 1 amide bonds. The van der Waals surface area contributed by atoms with Crippen LogP contribution in [0.1, 0.15) is 22.8 Å². The number of esters is 1. The maximum absolute atomic E-state index is 12.6. The van der Waals surface area contributed by atoms with E-state index in [1.807, 2.05) is 35.6 Å². The first-order valence-corrected chi connectivity index (χ1v) is 12.1. The van der Waals surface area contributed by atoms with Crippen molar-refractivity contribution in [1.29, 1.82) is 0 Å². The number of amides is 1. The van der Waals surface area contributed by atoms with Gasteiger partial charge in [0, 0.05) is 5.39 Å². The number of benzene rings is 2. The quantitative estimate of drug-likeness (QED) is 0.279. The molecule has 0 aliphatic heterocycles. The van der Waals surface area contributed by atoms with Crippen LogP contribution in [0.15, 0.2) is 53.7 Å². The smallest absolute Gasteiger partial charge is 0.338 e. The van der Waals surface area contributed by atoms with Gasteiger partial charge in [0.1, 0.15) is 0 Å². The van der Waals surface area contributed by atoms with Gasteiger partial charge in [0.05, 0.1) is 33.7 Å². The van der Waals surface area contributed by atoms with Crippen molar-refractivity contribution in [3.05, 3.63) is 59.7 Å². The number of hydrogen-bond acceptors (Lipinski definition) is 8. The summed E-state index contributed by atoms with van der Waals surface area (Å²) in [5.41, 5.74) is 4.05. The Morgan fingerprint density at radius 1 is 1.15 bits per heavy atom. The van der Waals surface area contributed by atoms with Gasteiger partial charge in [0.25, 0.3) is 0 Å². The summed E-state index contributed by atoms with van der Waals surface area (Å²) in [7, 11) is 0. The molecular formula is C23H19N5O3S2. The van der Waals surface area contributed by atoms with Crippen molar-refractivity contribution in [2.45, 2.75) is 19.0 Å². The molecule has 5 rings (SSSR count). The zero-order chi connectivity index (χ0) is 22.9. The summed E-state index contributed by atoms with van der Waals surface area (Å²) in [5, 5.41) is 13.6. The van der Waals surface area contributed by atoms with Gasteiger partial charge in [-0.05, 0) is 49.7 Å². The Labute approximate surface area is 197 Å². The molecule has 0 aliphatic carbocycles. The Morgan fingerprint density at radius 2 is 2.00 bits per heavy atom. The number of carbonyl (C=O) groups excluding carboxylic acids is 2. The van der Waals surface area contributed by atoms with Gasteiger partial charge in [0.15, 0.2) is 15.9 Å². The average Bonchev–Trinajstić information content (AvgIpc) is 3.40. The average molecular weight is 478 g/mol. The second-order valence-electron chi connectivity index (χ2n) is 7.28. The van der Waals surface area contributed by atoms with Crippen LogP contribution in [-0.2, 0) is 9.53 Å². The van der Waals surface area contributed by atoms with Gasteiger partial charge in [-0.15, -0.1) is 10.2 Å². The minimum Gasteiger partial charge on any atom is -0.462 e. The SMILES string of the molecule is CCOC(=O)c1ccc2nc(NC(=O)CSc3nnc4cc(C)c5ccccc5n34)sc2c1.